The van der Waals surface area contributed by atoms with Gasteiger partial charge in [0.1, 0.15) is 6.61 Å². The number of esters is 2. The number of hydrogen-bond acceptors (Lipinski definition) is 5. The van der Waals surface area contributed by atoms with Crippen molar-refractivity contribution in [3.63, 3.8) is 0 Å². The first-order valence-electron chi connectivity index (χ1n) is 5.78. The highest BCUT2D eigenvalue weighted by molar-refractivity contribution is 5.89. The average molecular weight is 264 g/mol. The smallest absolute Gasteiger partial charge is 0.338 e. The Balaban J connectivity index is 2.10. The fraction of sp³-hybridized carbons (Fsp3) is 0.286. The number of hydrogen-bond donors (Lipinski definition) is 0. The lowest BCUT2D eigenvalue weighted by Crippen LogP contribution is -2.05. The van der Waals surface area contributed by atoms with Crippen molar-refractivity contribution in [2.75, 3.05) is 20.0 Å². The van der Waals surface area contributed by atoms with E-state index in [2.05, 4.69) is 4.74 Å². The van der Waals surface area contributed by atoms with Crippen LogP contribution in [-0.4, -0.2) is 31.9 Å². The molecule has 0 spiro atoms. The monoisotopic (exact) mass is 264 g/mol. The highest BCUT2D eigenvalue weighted by Crippen LogP contribution is 2.00. The van der Waals surface area contributed by atoms with Gasteiger partial charge in [0.25, 0.3) is 0 Å². The van der Waals surface area contributed by atoms with Gasteiger partial charge < -0.3 is 14.2 Å². The van der Waals surface area contributed by atoms with E-state index < -0.39 is 0 Å². The molecule has 0 radical (unpaired) electrons. The summed E-state index contributed by atoms with van der Waals surface area (Å²) in [5.74, 6) is -0.758. The maximum atomic E-state index is 11.5. The van der Waals surface area contributed by atoms with Crippen molar-refractivity contribution < 1.29 is 23.8 Å². The van der Waals surface area contributed by atoms with Crippen LogP contribution in [0.4, 0.5) is 0 Å². The lowest BCUT2D eigenvalue weighted by Gasteiger charge is -2.02. The van der Waals surface area contributed by atoms with E-state index in [9.17, 15) is 9.59 Å². The highest BCUT2D eigenvalue weighted by Gasteiger charge is 2.03. The lowest BCUT2D eigenvalue weighted by molar-refractivity contribution is -0.152. The van der Waals surface area contributed by atoms with Gasteiger partial charge in [-0.3, -0.25) is 4.79 Å². The molecule has 0 saturated heterocycles. The van der Waals surface area contributed by atoms with Crippen LogP contribution < -0.4 is 0 Å². The molecule has 0 heterocycles. The third kappa shape index (κ3) is 7.00. The zero-order chi connectivity index (χ0) is 13.9. The quantitative estimate of drug-likeness (QED) is 0.326. The first kappa shape index (κ1) is 14.9. The van der Waals surface area contributed by atoms with Gasteiger partial charge in [-0.25, -0.2) is 4.79 Å². The Morgan fingerprint density at radius 3 is 2.42 bits per heavy atom. The van der Waals surface area contributed by atoms with Crippen molar-refractivity contribution in [3.8, 4) is 0 Å². The summed E-state index contributed by atoms with van der Waals surface area (Å²) >= 11 is 0. The first-order valence-corrected chi connectivity index (χ1v) is 5.78. The van der Waals surface area contributed by atoms with E-state index in [-0.39, 0.29) is 31.9 Å². The Labute approximate surface area is 111 Å². The van der Waals surface area contributed by atoms with Gasteiger partial charge in [-0.1, -0.05) is 24.3 Å². The number of rotatable bonds is 7. The van der Waals surface area contributed by atoms with Gasteiger partial charge in [-0.05, 0) is 18.2 Å². The predicted molar refractivity (Wildman–Crippen MR) is 68.4 cm³/mol. The van der Waals surface area contributed by atoms with Gasteiger partial charge in [0.2, 0.25) is 0 Å². The number of carbonyl (C=O) groups is 2. The van der Waals surface area contributed by atoms with Crippen LogP contribution in [0.3, 0.4) is 0 Å². The van der Waals surface area contributed by atoms with E-state index in [1.165, 1.54) is 6.92 Å². The molecule has 5 heteroatoms. The molecule has 0 aliphatic heterocycles. The standard InChI is InChI=1S/C14H16O5/c1-12(15)19-11-17-9-5-6-10-18-14(16)13-7-3-2-4-8-13/h2-8H,9-11H2,1H3/b6-5-. The largest absolute Gasteiger partial charge is 0.458 e. The van der Waals surface area contributed by atoms with Crippen LogP contribution in [0.15, 0.2) is 42.5 Å². The minimum Gasteiger partial charge on any atom is -0.458 e. The number of carbonyl (C=O) groups excluding carboxylic acids is 2. The molecule has 0 fully saturated rings. The molecule has 0 amide bonds. The normalized spacial score (nSPS) is 10.4. The SMILES string of the molecule is CC(=O)OCOC/C=C\COC(=O)c1ccccc1. The van der Waals surface area contributed by atoms with E-state index >= 15 is 0 Å². The summed E-state index contributed by atoms with van der Waals surface area (Å²) in [4.78, 5) is 21.9. The Morgan fingerprint density at radius 2 is 1.74 bits per heavy atom. The van der Waals surface area contributed by atoms with Crippen LogP contribution in [0.1, 0.15) is 17.3 Å². The summed E-state index contributed by atoms with van der Waals surface area (Å²) in [6.07, 6.45) is 3.34. The molecule has 0 bridgehead atoms. The molecule has 0 unspecified atom stereocenters. The fourth-order valence-electron chi connectivity index (χ4n) is 1.16. The minimum atomic E-state index is -0.388. The summed E-state index contributed by atoms with van der Waals surface area (Å²) in [6, 6.07) is 8.75. The van der Waals surface area contributed by atoms with Gasteiger partial charge in [0.05, 0.1) is 12.2 Å². The van der Waals surface area contributed by atoms with E-state index in [1.54, 1.807) is 36.4 Å². The highest BCUT2D eigenvalue weighted by atomic mass is 16.7. The molecular weight excluding hydrogens is 248 g/mol. The molecule has 19 heavy (non-hydrogen) atoms. The van der Waals surface area contributed by atoms with E-state index in [1.807, 2.05) is 6.07 Å². The summed E-state index contributed by atoms with van der Waals surface area (Å²) in [5, 5.41) is 0. The van der Waals surface area contributed by atoms with Gasteiger partial charge >= 0.3 is 11.9 Å². The molecule has 102 valence electrons. The van der Waals surface area contributed by atoms with Crippen molar-refractivity contribution in [1.82, 2.24) is 0 Å². The minimum absolute atomic E-state index is 0.0799. The van der Waals surface area contributed by atoms with Crippen LogP contribution in [0, 0.1) is 0 Å². The maximum absolute atomic E-state index is 11.5. The molecule has 5 nitrogen and oxygen atoms in total. The van der Waals surface area contributed by atoms with Crippen LogP contribution in [-0.2, 0) is 19.0 Å². The second-order valence-corrected chi connectivity index (χ2v) is 3.56. The number of benzene rings is 1. The van der Waals surface area contributed by atoms with Gasteiger partial charge in [0.15, 0.2) is 6.79 Å². The predicted octanol–water partition coefficient (Wildman–Crippen LogP) is 1.94. The molecule has 0 N–H and O–H groups in total. The van der Waals surface area contributed by atoms with Crippen LogP contribution >= 0.6 is 0 Å². The van der Waals surface area contributed by atoms with E-state index in [0.717, 1.165) is 0 Å². The molecular formula is C14H16O5. The van der Waals surface area contributed by atoms with Crippen LogP contribution in [0.2, 0.25) is 0 Å². The molecule has 0 aliphatic rings. The van der Waals surface area contributed by atoms with Crippen molar-refractivity contribution in [2.24, 2.45) is 0 Å². The van der Waals surface area contributed by atoms with Gasteiger partial charge in [0, 0.05) is 6.92 Å². The first-order chi connectivity index (χ1) is 9.20. The molecule has 0 atom stereocenters. The molecule has 1 aromatic carbocycles. The summed E-state index contributed by atoms with van der Waals surface area (Å²) in [6.45, 7) is 1.69. The summed E-state index contributed by atoms with van der Waals surface area (Å²) in [5.41, 5.74) is 0.516. The van der Waals surface area contributed by atoms with Gasteiger partial charge in [-0.2, -0.15) is 0 Å². The van der Waals surface area contributed by atoms with Crippen molar-refractivity contribution in [3.05, 3.63) is 48.0 Å². The Kier molecular flexibility index (Phi) is 6.97. The molecule has 1 aromatic rings. The zero-order valence-corrected chi connectivity index (χ0v) is 10.7. The van der Waals surface area contributed by atoms with Gasteiger partial charge in [-0.15, -0.1) is 0 Å². The molecule has 0 aliphatic carbocycles. The van der Waals surface area contributed by atoms with E-state index in [0.29, 0.717) is 5.56 Å². The molecule has 1 rings (SSSR count). The zero-order valence-electron chi connectivity index (χ0n) is 10.7. The van der Waals surface area contributed by atoms with Crippen LogP contribution in [0.5, 0.6) is 0 Å². The third-order valence-electron chi connectivity index (χ3n) is 2.05. The maximum Gasteiger partial charge on any atom is 0.338 e. The Morgan fingerprint density at radius 1 is 1.05 bits per heavy atom. The number of ether oxygens (including phenoxy) is 3. The Hall–Kier alpha value is -2.14. The van der Waals surface area contributed by atoms with Crippen molar-refractivity contribution >= 4 is 11.9 Å². The molecule has 0 aromatic heterocycles. The van der Waals surface area contributed by atoms with Crippen molar-refractivity contribution in [1.29, 1.82) is 0 Å². The molecule has 0 saturated carbocycles. The topological polar surface area (TPSA) is 61.8 Å². The second kappa shape index (κ2) is 8.88. The van der Waals surface area contributed by atoms with E-state index in [4.69, 9.17) is 9.47 Å². The summed E-state index contributed by atoms with van der Waals surface area (Å²) < 4.78 is 14.5. The average Bonchev–Trinajstić information content (AvgIpc) is 2.42. The Bertz CT molecular complexity index is 425. The summed E-state index contributed by atoms with van der Waals surface area (Å²) in [7, 11) is 0. The van der Waals surface area contributed by atoms with Crippen molar-refractivity contribution in [2.45, 2.75) is 6.92 Å². The fourth-order valence-corrected chi connectivity index (χ4v) is 1.16. The third-order valence-corrected chi connectivity index (χ3v) is 2.05. The second-order valence-electron chi connectivity index (χ2n) is 3.56. The lowest BCUT2D eigenvalue weighted by atomic mass is 10.2. The van der Waals surface area contributed by atoms with Crippen LogP contribution in [0.25, 0.3) is 0 Å².